The van der Waals surface area contributed by atoms with Crippen molar-refractivity contribution in [3.63, 3.8) is 0 Å². The van der Waals surface area contributed by atoms with Gasteiger partial charge in [-0.05, 0) is 26.3 Å². The van der Waals surface area contributed by atoms with Crippen molar-refractivity contribution in [2.24, 2.45) is 0 Å². The second-order valence-corrected chi connectivity index (χ2v) is 4.05. The zero-order valence-corrected chi connectivity index (χ0v) is 10.4. The Bertz CT molecular complexity index is 328. The summed E-state index contributed by atoms with van der Waals surface area (Å²) in [4.78, 5) is 0. The maximum atomic E-state index is 5.51. The minimum absolute atomic E-state index is 0.364. The fourth-order valence-corrected chi connectivity index (χ4v) is 1.98. The highest BCUT2D eigenvalue weighted by Gasteiger charge is 2.22. The SMILES string of the molecule is CCOC(OCC)c1cc(C2CCOC2)[nH]n1. The molecule has 0 aliphatic carbocycles. The molecule has 5 nitrogen and oxygen atoms in total. The maximum Gasteiger partial charge on any atom is 0.202 e. The molecule has 2 heterocycles. The Hall–Kier alpha value is -0.910. The Morgan fingerprint density at radius 1 is 1.47 bits per heavy atom. The van der Waals surface area contributed by atoms with Crippen LogP contribution in [0.5, 0.6) is 0 Å². The summed E-state index contributed by atoms with van der Waals surface area (Å²) in [6.07, 6.45) is 0.688. The van der Waals surface area contributed by atoms with Gasteiger partial charge in [0.25, 0.3) is 0 Å². The van der Waals surface area contributed by atoms with Gasteiger partial charge in [-0.3, -0.25) is 5.10 Å². The van der Waals surface area contributed by atoms with Crippen molar-refractivity contribution >= 4 is 0 Å². The van der Waals surface area contributed by atoms with Gasteiger partial charge in [0.2, 0.25) is 6.29 Å². The first-order valence-corrected chi connectivity index (χ1v) is 6.21. The number of ether oxygens (including phenoxy) is 3. The van der Waals surface area contributed by atoms with Crippen LogP contribution in [0.1, 0.15) is 43.9 Å². The molecule has 5 heteroatoms. The number of rotatable bonds is 6. The van der Waals surface area contributed by atoms with Crippen molar-refractivity contribution < 1.29 is 14.2 Å². The molecule has 0 aromatic carbocycles. The molecule has 1 aliphatic rings. The number of nitrogens with one attached hydrogen (secondary N) is 1. The van der Waals surface area contributed by atoms with E-state index in [1.807, 2.05) is 19.9 Å². The van der Waals surface area contributed by atoms with Crippen molar-refractivity contribution in [2.75, 3.05) is 26.4 Å². The van der Waals surface area contributed by atoms with E-state index in [1.165, 1.54) is 0 Å². The molecule has 1 atom stereocenters. The summed E-state index contributed by atoms with van der Waals surface area (Å²) in [5.74, 6) is 0.431. The lowest BCUT2D eigenvalue weighted by Gasteiger charge is -2.13. The molecular weight excluding hydrogens is 220 g/mol. The number of hydrogen-bond acceptors (Lipinski definition) is 4. The number of aromatic nitrogens is 2. The van der Waals surface area contributed by atoms with Gasteiger partial charge in [0.1, 0.15) is 5.69 Å². The van der Waals surface area contributed by atoms with Crippen LogP contribution in [0.4, 0.5) is 0 Å². The third-order valence-corrected chi connectivity index (χ3v) is 2.86. The van der Waals surface area contributed by atoms with E-state index >= 15 is 0 Å². The van der Waals surface area contributed by atoms with E-state index in [-0.39, 0.29) is 6.29 Å². The smallest absolute Gasteiger partial charge is 0.202 e. The van der Waals surface area contributed by atoms with Gasteiger partial charge in [0.05, 0.1) is 6.61 Å². The molecule has 0 saturated carbocycles. The van der Waals surface area contributed by atoms with Gasteiger partial charge in [-0.15, -0.1) is 0 Å². The molecule has 1 aromatic rings. The average Bonchev–Trinajstić information content (AvgIpc) is 2.99. The zero-order chi connectivity index (χ0) is 12.1. The topological polar surface area (TPSA) is 56.4 Å². The Balaban J connectivity index is 2.03. The second kappa shape index (κ2) is 6.14. The summed E-state index contributed by atoms with van der Waals surface area (Å²) in [5, 5.41) is 7.32. The monoisotopic (exact) mass is 240 g/mol. The summed E-state index contributed by atoms with van der Waals surface area (Å²) in [7, 11) is 0. The van der Waals surface area contributed by atoms with E-state index in [1.54, 1.807) is 0 Å². The number of H-pyrrole nitrogens is 1. The van der Waals surface area contributed by atoms with Crippen LogP contribution in [-0.2, 0) is 14.2 Å². The Morgan fingerprint density at radius 3 is 2.82 bits per heavy atom. The van der Waals surface area contributed by atoms with E-state index in [0.29, 0.717) is 19.1 Å². The molecule has 96 valence electrons. The molecule has 0 radical (unpaired) electrons. The molecule has 2 rings (SSSR count). The first kappa shape index (κ1) is 12.5. The molecule has 1 N–H and O–H groups in total. The fraction of sp³-hybridized carbons (Fsp3) is 0.750. The van der Waals surface area contributed by atoms with Crippen LogP contribution in [0.25, 0.3) is 0 Å². The lowest BCUT2D eigenvalue weighted by molar-refractivity contribution is -0.142. The number of aromatic amines is 1. The summed E-state index contributed by atoms with van der Waals surface area (Å²) in [6, 6.07) is 2.02. The summed E-state index contributed by atoms with van der Waals surface area (Å²) in [5.41, 5.74) is 1.93. The van der Waals surface area contributed by atoms with Gasteiger partial charge in [-0.1, -0.05) is 0 Å². The first-order chi connectivity index (χ1) is 8.35. The first-order valence-electron chi connectivity index (χ1n) is 6.21. The normalized spacial score (nSPS) is 20.3. The van der Waals surface area contributed by atoms with Gasteiger partial charge in [0, 0.05) is 31.4 Å². The van der Waals surface area contributed by atoms with Crippen molar-refractivity contribution in [3.05, 3.63) is 17.5 Å². The van der Waals surface area contributed by atoms with Gasteiger partial charge < -0.3 is 14.2 Å². The van der Waals surface area contributed by atoms with Crippen LogP contribution in [0.15, 0.2) is 6.07 Å². The van der Waals surface area contributed by atoms with Crippen LogP contribution in [0.3, 0.4) is 0 Å². The third-order valence-electron chi connectivity index (χ3n) is 2.86. The average molecular weight is 240 g/mol. The van der Waals surface area contributed by atoms with Crippen LogP contribution in [0, 0.1) is 0 Å². The fourth-order valence-electron chi connectivity index (χ4n) is 1.98. The van der Waals surface area contributed by atoms with Gasteiger partial charge in [-0.25, -0.2) is 0 Å². The van der Waals surface area contributed by atoms with Crippen LogP contribution in [0.2, 0.25) is 0 Å². The quantitative estimate of drug-likeness (QED) is 0.772. The van der Waals surface area contributed by atoms with Crippen LogP contribution >= 0.6 is 0 Å². The second-order valence-electron chi connectivity index (χ2n) is 4.05. The highest BCUT2D eigenvalue weighted by atomic mass is 16.7. The van der Waals surface area contributed by atoms with Crippen molar-refractivity contribution in [1.29, 1.82) is 0 Å². The Labute approximate surface area is 101 Å². The van der Waals surface area contributed by atoms with E-state index in [0.717, 1.165) is 31.0 Å². The lowest BCUT2D eigenvalue weighted by atomic mass is 10.1. The van der Waals surface area contributed by atoms with Crippen molar-refractivity contribution in [1.82, 2.24) is 10.2 Å². The third kappa shape index (κ3) is 3.06. The van der Waals surface area contributed by atoms with Gasteiger partial charge >= 0.3 is 0 Å². The van der Waals surface area contributed by atoms with E-state index in [2.05, 4.69) is 10.2 Å². The van der Waals surface area contributed by atoms with Gasteiger partial charge in [-0.2, -0.15) is 5.10 Å². The largest absolute Gasteiger partial charge is 0.381 e. The van der Waals surface area contributed by atoms with Crippen LogP contribution < -0.4 is 0 Å². The predicted molar refractivity (Wildman–Crippen MR) is 62.8 cm³/mol. The molecule has 1 aromatic heterocycles. The molecule has 0 spiro atoms. The minimum atomic E-state index is -0.364. The predicted octanol–water partition coefficient (Wildman–Crippen LogP) is 1.99. The van der Waals surface area contributed by atoms with Gasteiger partial charge in [0.15, 0.2) is 0 Å². The van der Waals surface area contributed by atoms with Crippen LogP contribution in [-0.4, -0.2) is 36.6 Å². The van der Waals surface area contributed by atoms with E-state index in [4.69, 9.17) is 14.2 Å². The van der Waals surface area contributed by atoms with E-state index in [9.17, 15) is 0 Å². The lowest BCUT2D eigenvalue weighted by Crippen LogP contribution is -2.09. The Morgan fingerprint density at radius 2 is 2.24 bits per heavy atom. The Kier molecular flexibility index (Phi) is 4.53. The molecular formula is C12H20N2O3. The zero-order valence-electron chi connectivity index (χ0n) is 10.4. The molecule has 0 bridgehead atoms. The molecule has 1 aliphatic heterocycles. The maximum absolute atomic E-state index is 5.51. The highest BCUT2D eigenvalue weighted by Crippen LogP contribution is 2.26. The van der Waals surface area contributed by atoms with Crippen molar-refractivity contribution in [3.8, 4) is 0 Å². The highest BCUT2D eigenvalue weighted by molar-refractivity contribution is 5.15. The number of nitrogens with zero attached hydrogens (tertiary/aromatic N) is 1. The molecule has 1 saturated heterocycles. The molecule has 17 heavy (non-hydrogen) atoms. The van der Waals surface area contributed by atoms with E-state index < -0.39 is 0 Å². The molecule has 0 amide bonds. The summed E-state index contributed by atoms with van der Waals surface area (Å²) in [6.45, 7) is 6.72. The minimum Gasteiger partial charge on any atom is -0.381 e. The summed E-state index contributed by atoms with van der Waals surface area (Å²) >= 11 is 0. The standard InChI is InChI=1S/C12H20N2O3/c1-3-16-12(17-4-2)11-7-10(13-14-11)9-5-6-15-8-9/h7,9,12H,3-6,8H2,1-2H3,(H,13,14). The molecule has 1 fully saturated rings. The molecule has 1 unspecified atom stereocenters. The number of hydrogen-bond donors (Lipinski definition) is 1. The summed E-state index contributed by atoms with van der Waals surface area (Å²) < 4.78 is 16.4. The van der Waals surface area contributed by atoms with Crippen molar-refractivity contribution in [2.45, 2.75) is 32.5 Å².